The van der Waals surface area contributed by atoms with Crippen molar-refractivity contribution in [2.45, 2.75) is 26.4 Å². The summed E-state index contributed by atoms with van der Waals surface area (Å²) in [4.78, 5) is 28.9. The minimum atomic E-state index is -0.235. The molecule has 3 aromatic rings. The van der Waals surface area contributed by atoms with Gasteiger partial charge in [-0.3, -0.25) is 9.59 Å². The Labute approximate surface area is 163 Å². The fraction of sp³-hybridized carbons (Fsp3) is 0.286. The van der Waals surface area contributed by atoms with Crippen molar-refractivity contribution in [1.29, 1.82) is 0 Å². The number of anilines is 1. The Morgan fingerprint density at radius 1 is 1.07 bits per heavy atom. The van der Waals surface area contributed by atoms with Crippen LogP contribution in [0.2, 0.25) is 0 Å². The smallest absolute Gasteiger partial charge is 0.246 e. The third-order valence-corrected chi connectivity index (χ3v) is 4.40. The molecule has 3 rings (SSSR count). The minimum Gasteiger partial charge on any atom is -0.375 e. The molecule has 7 nitrogen and oxygen atoms in total. The summed E-state index contributed by atoms with van der Waals surface area (Å²) >= 11 is 0. The van der Waals surface area contributed by atoms with Crippen LogP contribution < -0.4 is 10.6 Å². The molecule has 0 fully saturated rings. The van der Waals surface area contributed by atoms with Crippen molar-refractivity contribution in [2.24, 2.45) is 0 Å². The first kappa shape index (κ1) is 19.6. The molecule has 0 bridgehead atoms. The lowest BCUT2D eigenvalue weighted by molar-refractivity contribution is -0.124. The summed E-state index contributed by atoms with van der Waals surface area (Å²) in [6, 6.07) is 15.4. The molecule has 0 saturated heterocycles. The molecule has 146 valence electrons. The summed E-state index contributed by atoms with van der Waals surface area (Å²) < 4.78 is 6.64. The molecule has 0 aliphatic heterocycles. The van der Waals surface area contributed by atoms with E-state index in [0.29, 0.717) is 5.82 Å². The number of nitrogens with zero attached hydrogens (tertiary/aromatic N) is 2. The van der Waals surface area contributed by atoms with Crippen LogP contribution in [-0.2, 0) is 33.8 Å². The van der Waals surface area contributed by atoms with Crippen LogP contribution in [0.5, 0.6) is 0 Å². The lowest BCUT2D eigenvalue weighted by Gasteiger charge is -2.11. The van der Waals surface area contributed by atoms with Gasteiger partial charge in [-0.15, -0.1) is 0 Å². The van der Waals surface area contributed by atoms with E-state index in [-0.39, 0.29) is 31.5 Å². The minimum absolute atomic E-state index is 0.0194. The summed E-state index contributed by atoms with van der Waals surface area (Å²) in [6.45, 7) is 2.39. The fourth-order valence-electron chi connectivity index (χ4n) is 2.96. The highest BCUT2D eigenvalue weighted by Crippen LogP contribution is 2.17. The van der Waals surface area contributed by atoms with Crippen LogP contribution in [-0.4, -0.2) is 35.1 Å². The molecule has 28 heavy (non-hydrogen) atoms. The quantitative estimate of drug-likeness (QED) is 0.629. The first-order valence-electron chi connectivity index (χ1n) is 9.19. The van der Waals surface area contributed by atoms with Crippen LogP contribution >= 0.6 is 0 Å². The molecule has 0 radical (unpaired) electrons. The van der Waals surface area contributed by atoms with Gasteiger partial charge >= 0.3 is 0 Å². The number of aromatic nitrogens is 2. The number of benzene rings is 2. The number of aryl methyl sites for hydroxylation is 1. The molecular weight excluding hydrogens is 356 g/mol. The van der Waals surface area contributed by atoms with Crippen LogP contribution in [0.3, 0.4) is 0 Å². The Hall–Kier alpha value is -3.19. The van der Waals surface area contributed by atoms with Crippen molar-refractivity contribution < 1.29 is 14.3 Å². The summed E-state index contributed by atoms with van der Waals surface area (Å²) in [5.41, 5.74) is 3.59. The second-order valence-electron chi connectivity index (χ2n) is 6.41. The molecule has 0 aliphatic carbocycles. The zero-order chi connectivity index (χ0) is 19.9. The molecule has 1 aromatic heterocycles. The number of amides is 2. The van der Waals surface area contributed by atoms with E-state index in [1.54, 1.807) is 0 Å². The van der Waals surface area contributed by atoms with Gasteiger partial charge < -0.3 is 19.9 Å². The average Bonchev–Trinajstić information content (AvgIpc) is 3.04. The zero-order valence-electron chi connectivity index (χ0n) is 16.1. The van der Waals surface area contributed by atoms with E-state index in [9.17, 15) is 9.59 Å². The molecule has 7 heteroatoms. The fourth-order valence-corrected chi connectivity index (χ4v) is 2.96. The van der Waals surface area contributed by atoms with Gasteiger partial charge in [-0.25, -0.2) is 4.98 Å². The summed E-state index contributed by atoms with van der Waals surface area (Å²) in [7, 11) is 1.46. The highest BCUT2D eigenvalue weighted by Gasteiger charge is 2.14. The second-order valence-corrected chi connectivity index (χ2v) is 6.41. The third-order valence-electron chi connectivity index (χ3n) is 4.40. The summed E-state index contributed by atoms with van der Waals surface area (Å²) in [5, 5.41) is 5.67. The second kappa shape index (κ2) is 9.14. The van der Waals surface area contributed by atoms with Gasteiger partial charge in [-0.05, 0) is 36.2 Å². The first-order valence-corrected chi connectivity index (χ1v) is 9.19. The molecule has 0 atom stereocenters. The van der Waals surface area contributed by atoms with Gasteiger partial charge in [0.05, 0.1) is 17.6 Å². The number of imidazole rings is 1. The maximum absolute atomic E-state index is 12.6. The molecule has 0 saturated carbocycles. The number of methoxy groups -OCH3 is 1. The van der Waals surface area contributed by atoms with Gasteiger partial charge in [0.15, 0.2) is 0 Å². The van der Waals surface area contributed by atoms with E-state index in [2.05, 4.69) is 22.5 Å². The Balaban J connectivity index is 1.76. The van der Waals surface area contributed by atoms with Crippen molar-refractivity contribution in [3.05, 3.63) is 59.9 Å². The highest BCUT2D eigenvalue weighted by molar-refractivity contribution is 5.91. The number of carbonyl (C=O) groups is 2. The SMILES string of the molecule is CCc1ccc(NC(=O)Cn2c(CNC(=O)COC)nc3ccccc32)cc1. The highest BCUT2D eigenvalue weighted by atomic mass is 16.5. The van der Waals surface area contributed by atoms with E-state index >= 15 is 0 Å². The van der Waals surface area contributed by atoms with E-state index in [4.69, 9.17) is 4.74 Å². The van der Waals surface area contributed by atoms with Crippen LogP contribution in [0.15, 0.2) is 48.5 Å². The van der Waals surface area contributed by atoms with Crippen molar-refractivity contribution in [3.8, 4) is 0 Å². The number of hydrogen-bond donors (Lipinski definition) is 2. The van der Waals surface area contributed by atoms with Gasteiger partial charge in [-0.1, -0.05) is 31.2 Å². The maximum Gasteiger partial charge on any atom is 0.246 e. The van der Waals surface area contributed by atoms with Crippen molar-refractivity contribution >= 4 is 28.5 Å². The number of fused-ring (bicyclic) bond motifs is 1. The normalized spacial score (nSPS) is 10.8. The molecule has 2 amide bonds. The standard InChI is InChI=1S/C21H24N4O3/c1-3-15-8-10-16(11-9-15)23-20(26)13-25-18-7-5-4-6-17(18)24-19(25)12-22-21(27)14-28-2/h4-11H,3,12-14H2,1-2H3,(H,22,27)(H,23,26). The Bertz CT molecular complexity index is 963. The van der Waals surface area contributed by atoms with E-state index in [0.717, 1.165) is 23.1 Å². The topological polar surface area (TPSA) is 85.2 Å². The van der Waals surface area contributed by atoms with Crippen LogP contribution in [0.25, 0.3) is 11.0 Å². The number of para-hydroxylation sites is 2. The zero-order valence-corrected chi connectivity index (χ0v) is 16.1. The van der Waals surface area contributed by atoms with Gasteiger partial charge in [0.25, 0.3) is 0 Å². The number of rotatable bonds is 8. The third kappa shape index (κ3) is 4.75. The molecule has 1 heterocycles. The van der Waals surface area contributed by atoms with Gasteiger partial charge in [0.1, 0.15) is 19.0 Å². The molecular formula is C21H24N4O3. The molecule has 2 N–H and O–H groups in total. The maximum atomic E-state index is 12.6. The number of nitrogens with one attached hydrogen (secondary N) is 2. The van der Waals surface area contributed by atoms with Gasteiger partial charge in [0.2, 0.25) is 11.8 Å². The van der Waals surface area contributed by atoms with Crippen molar-refractivity contribution in [1.82, 2.24) is 14.9 Å². The Kier molecular flexibility index (Phi) is 6.39. The van der Waals surface area contributed by atoms with E-state index in [1.165, 1.54) is 12.7 Å². The number of ether oxygens (including phenoxy) is 1. The van der Waals surface area contributed by atoms with E-state index < -0.39 is 0 Å². The average molecular weight is 380 g/mol. The first-order chi connectivity index (χ1) is 13.6. The lowest BCUT2D eigenvalue weighted by Crippen LogP contribution is -2.29. The van der Waals surface area contributed by atoms with Crippen LogP contribution in [0.4, 0.5) is 5.69 Å². The van der Waals surface area contributed by atoms with Crippen molar-refractivity contribution in [3.63, 3.8) is 0 Å². The molecule has 0 spiro atoms. The molecule has 2 aromatic carbocycles. The van der Waals surface area contributed by atoms with Gasteiger partial charge in [-0.2, -0.15) is 0 Å². The number of carbonyl (C=O) groups excluding carboxylic acids is 2. The Morgan fingerprint density at radius 3 is 2.54 bits per heavy atom. The largest absolute Gasteiger partial charge is 0.375 e. The van der Waals surface area contributed by atoms with Crippen molar-refractivity contribution in [2.75, 3.05) is 19.0 Å². The van der Waals surface area contributed by atoms with Gasteiger partial charge in [0, 0.05) is 12.8 Å². The number of hydrogen-bond acceptors (Lipinski definition) is 4. The summed E-state index contributed by atoms with van der Waals surface area (Å²) in [6.07, 6.45) is 0.952. The lowest BCUT2D eigenvalue weighted by atomic mass is 10.1. The Morgan fingerprint density at radius 2 is 1.82 bits per heavy atom. The monoisotopic (exact) mass is 380 g/mol. The molecule has 0 unspecified atom stereocenters. The van der Waals surface area contributed by atoms with Crippen LogP contribution in [0, 0.1) is 0 Å². The summed E-state index contributed by atoms with van der Waals surface area (Å²) in [5.74, 6) is 0.223. The predicted octanol–water partition coefficient (Wildman–Crippen LogP) is 2.50. The molecule has 0 aliphatic rings. The van der Waals surface area contributed by atoms with Crippen LogP contribution in [0.1, 0.15) is 18.3 Å². The van der Waals surface area contributed by atoms with E-state index in [1.807, 2.05) is 53.1 Å². The predicted molar refractivity (Wildman–Crippen MR) is 108 cm³/mol.